The van der Waals surface area contributed by atoms with E-state index in [4.69, 9.17) is 0 Å². The average molecular weight is 241 g/mol. The van der Waals surface area contributed by atoms with Crippen LogP contribution in [0.1, 0.15) is 12.5 Å². The molecular weight excluding hydrogens is 222 g/mol. The van der Waals surface area contributed by atoms with E-state index in [-0.39, 0.29) is 12.1 Å². The second-order valence-electron chi connectivity index (χ2n) is 4.87. The van der Waals surface area contributed by atoms with Gasteiger partial charge in [-0.3, -0.25) is 0 Å². The van der Waals surface area contributed by atoms with Crippen LogP contribution in [-0.4, -0.2) is 17.3 Å². The monoisotopic (exact) mass is 241 g/mol. The van der Waals surface area contributed by atoms with E-state index in [1.807, 2.05) is 55.5 Å². The number of aliphatic hydroxyl groups is 1. The molecule has 0 aliphatic carbocycles. The van der Waals surface area contributed by atoms with Crippen LogP contribution < -0.4 is 5.32 Å². The zero-order valence-corrected chi connectivity index (χ0v) is 10.6. The molecule has 2 rings (SSSR count). The Morgan fingerprint density at radius 1 is 0.944 bits per heavy atom. The number of hydrogen-bond acceptors (Lipinski definition) is 2. The van der Waals surface area contributed by atoms with Crippen molar-refractivity contribution >= 4 is 5.69 Å². The van der Waals surface area contributed by atoms with Crippen LogP contribution in [0.3, 0.4) is 0 Å². The fraction of sp³-hybridized carbons (Fsp3) is 0.250. The van der Waals surface area contributed by atoms with Gasteiger partial charge in [0.25, 0.3) is 0 Å². The molecule has 0 heterocycles. The summed E-state index contributed by atoms with van der Waals surface area (Å²) in [7, 11) is 0. The van der Waals surface area contributed by atoms with Gasteiger partial charge in [-0.2, -0.15) is 0 Å². The standard InChI is InChI=1S/C16H19NO/c1-16(13-18,12-14-8-4-2-5-9-14)17-15-10-6-3-7-11-15/h2-11,17-18H,12-13H2,1H3. The summed E-state index contributed by atoms with van der Waals surface area (Å²) in [5, 5.41) is 13.0. The molecule has 0 saturated heterocycles. The van der Waals surface area contributed by atoms with E-state index in [0.717, 1.165) is 12.1 Å². The van der Waals surface area contributed by atoms with Gasteiger partial charge in [-0.25, -0.2) is 0 Å². The lowest BCUT2D eigenvalue weighted by molar-refractivity contribution is 0.222. The quantitative estimate of drug-likeness (QED) is 0.843. The predicted molar refractivity (Wildman–Crippen MR) is 75.7 cm³/mol. The lowest BCUT2D eigenvalue weighted by atomic mass is 9.93. The summed E-state index contributed by atoms with van der Waals surface area (Å²) in [6.07, 6.45) is 0.791. The van der Waals surface area contributed by atoms with E-state index in [9.17, 15) is 5.11 Å². The topological polar surface area (TPSA) is 32.3 Å². The van der Waals surface area contributed by atoms with Crippen LogP contribution >= 0.6 is 0 Å². The SMILES string of the molecule is CC(CO)(Cc1ccccc1)Nc1ccccc1. The lowest BCUT2D eigenvalue weighted by Gasteiger charge is -2.30. The van der Waals surface area contributed by atoms with Crippen molar-refractivity contribution in [3.8, 4) is 0 Å². The molecule has 2 aromatic rings. The normalized spacial score (nSPS) is 13.9. The van der Waals surface area contributed by atoms with E-state index in [0.29, 0.717) is 0 Å². The fourth-order valence-corrected chi connectivity index (χ4v) is 2.06. The van der Waals surface area contributed by atoms with Crippen molar-refractivity contribution in [1.82, 2.24) is 0 Å². The van der Waals surface area contributed by atoms with Gasteiger partial charge in [-0.1, -0.05) is 48.5 Å². The Kier molecular flexibility index (Phi) is 4.00. The average Bonchev–Trinajstić information content (AvgIpc) is 2.41. The third kappa shape index (κ3) is 3.34. The Balaban J connectivity index is 2.11. The minimum Gasteiger partial charge on any atom is -0.394 e. The number of anilines is 1. The highest BCUT2D eigenvalue weighted by molar-refractivity contribution is 5.45. The first-order chi connectivity index (χ1) is 8.72. The van der Waals surface area contributed by atoms with Gasteiger partial charge in [-0.05, 0) is 31.0 Å². The molecule has 1 unspecified atom stereocenters. The smallest absolute Gasteiger partial charge is 0.0662 e. The van der Waals surface area contributed by atoms with Crippen molar-refractivity contribution in [3.63, 3.8) is 0 Å². The van der Waals surface area contributed by atoms with Gasteiger partial charge in [0.1, 0.15) is 0 Å². The molecule has 0 spiro atoms. The third-order valence-corrected chi connectivity index (χ3v) is 3.01. The molecule has 94 valence electrons. The van der Waals surface area contributed by atoms with Crippen LogP contribution in [0.4, 0.5) is 5.69 Å². The molecule has 1 atom stereocenters. The first-order valence-corrected chi connectivity index (χ1v) is 6.20. The summed E-state index contributed by atoms with van der Waals surface area (Å²) < 4.78 is 0. The maximum atomic E-state index is 9.65. The number of hydrogen-bond donors (Lipinski definition) is 2. The van der Waals surface area contributed by atoms with Gasteiger partial charge in [0.15, 0.2) is 0 Å². The van der Waals surface area contributed by atoms with Crippen molar-refractivity contribution in [3.05, 3.63) is 66.2 Å². The Morgan fingerprint density at radius 3 is 2.06 bits per heavy atom. The lowest BCUT2D eigenvalue weighted by Crippen LogP contribution is -2.41. The maximum absolute atomic E-state index is 9.65. The van der Waals surface area contributed by atoms with Crippen LogP contribution in [0, 0.1) is 0 Å². The number of nitrogens with one attached hydrogen (secondary N) is 1. The zero-order chi connectivity index (χ0) is 12.8. The summed E-state index contributed by atoms with van der Waals surface area (Å²) in [6.45, 7) is 2.13. The molecule has 0 saturated carbocycles. The molecule has 0 aromatic heterocycles. The second kappa shape index (κ2) is 5.69. The van der Waals surface area contributed by atoms with Gasteiger partial charge in [0.05, 0.1) is 12.1 Å². The van der Waals surface area contributed by atoms with E-state index in [2.05, 4.69) is 17.4 Å². The highest BCUT2D eigenvalue weighted by Crippen LogP contribution is 2.19. The van der Waals surface area contributed by atoms with Gasteiger partial charge in [0, 0.05) is 5.69 Å². The van der Waals surface area contributed by atoms with Gasteiger partial charge >= 0.3 is 0 Å². The molecule has 18 heavy (non-hydrogen) atoms. The largest absolute Gasteiger partial charge is 0.394 e. The molecule has 0 aliphatic heterocycles. The van der Waals surface area contributed by atoms with Crippen molar-refractivity contribution < 1.29 is 5.11 Å². The van der Waals surface area contributed by atoms with Crippen molar-refractivity contribution in [1.29, 1.82) is 0 Å². The number of benzene rings is 2. The van der Waals surface area contributed by atoms with E-state index in [1.165, 1.54) is 5.56 Å². The molecule has 0 bridgehead atoms. The maximum Gasteiger partial charge on any atom is 0.0662 e. The van der Waals surface area contributed by atoms with Gasteiger partial charge in [0.2, 0.25) is 0 Å². The minimum absolute atomic E-state index is 0.0940. The molecule has 0 aliphatic rings. The van der Waals surface area contributed by atoms with Crippen molar-refractivity contribution in [2.45, 2.75) is 18.9 Å². The summed E-state index contributed by atoms with van der Waals surface area (Å²) in [6, 6.07) is 20.2. The molecule has 0 fully saturated rings. The van der Waals surface area contributed by atoms with Crippen LogP contribution in [0.15, 0.2) is 60.7 Å². The summed E-state index contributed by atoms with van der Waals surface area (Å²) in [5.41, 5.74) is 1.91. The second-order valence-corrected chi connectivity index (χ2v) is 4.87. The Morgan fingerprint density at radius 2 is 1.50 bits per heavy atom. The number of aliphatic hydroxyl groups excluding tert-OH is 1. The van der Waals surface area contributed by atoms with E-state index >= 15 is 0 Å². The first-order valence-electron chi connectivity index (χ1n) is 6.20. The minimum atomic E-state index is -0.345. The van der Waals surface area contributed by atoms with E-state index < -0.39 is 0 Å². The van der Waals surface area contributed by atoms with Crippen molar-refractivity contribution in [2.24, 2.45) is 0 Å². The molecule has 2 aromatic carbocycles. The molecule has 2 N–H and O–H groups in total. The first kappa shape index (κ1) is 12.7. The molecular formula is C16H19NO. The zero-order valence-electron chi connectivity index (χ0n) is 10.6. The Labute approximate surface area is 108 Å². The van der Waals surface area contributed by atoms with Crippen LogP contribution in [0.2, 0.25) is 0 Å². The van der Waals surface area contributed by atoms with Crippen LogP contribution in [0.5, 0.6) is 0 Å². The van der Waals surface area contributed by atoms with Crippen molar-refractivity contribution in [2.75, 3.05) is 11.9 Å². The number of para-hydroxylation sites is 1. The fourth-order valence-electron chi connectivity index (χ4n) is 2.06. The third-order valence-electron chi connectivity index (χ3n) is 3.01. The predicted octanol–water partition coefficient (Wildman–Crippen LogP) is 3.09. The van der Waals surface area contributed by atoms with Crippen LogP contribution in [-0.2, 0) is 6.42 Å². The van der Waals surface area contributed by atoms with E-state index in [1.54, 1.807) is 0 Å². The Bertz CT molecular complexity index is 425. The van der Waals surface area contributed by atoms with Gasteiger partial charge < -0.3 is 10.4 Å². The Hall–Kier alpha value is -1.80. The summed E-state index contributed by atoms with van der Waals surface area (Å²) in [5.74, 6) is 0. The highest BCUT2D eigenvalue weighted by atomic mass is 16.3. The highest BCUT2D eigenvalue weighted by Gasteiger charge is 2.23. The van der Waals surface area contributed by atoms with Gasteiger partial charge in [-0.15, -0.1) is 0 Å². The molecule has 0 radical (unpaired) electrons. The molecule has 2 heteroatoms. The molecule has 0 amide bonds. The number of rotatable bonds is 5. The molecule has 2 nitrogen and oxygen atoms in total. The summed E-state index contributed by atoms with van der Waals surface area (Å²) >= 11 is 0. The van der Waals surface area contributed by atoms with Crippen LogP contribution in [0.25, 0.3) is 0 Å². The summed E-state index contributed by atoms with van der Waals surface area (Å²) in [4.78, 5) is 0.